The lowest BCUT2D eigenvalue weighted by atomic mass is 10.0. The number of nitrogens with one attached hydrogen (secondary N) is 2. The zero-order valence-corrected chi connectivity index (χ0v) is 20.6. The molecule has 4 aromatic rings. The van der Waals surface area contributed by atoms with E-state index in [0.29, 0.717) is 0 Å². The summed E-state index contributed by atoms with van der Waals surface area (Å²) in [6.45, 7) is 10.2. The normalized spacial score (nSPS) is 11.1. The van der Waals surface area contributed by atoms with E-state index in [1.54, 1.807) is 7.11 Å². The number of aryl methyl sites for hydroxylation is 3. The van der Waals surface area contributed by atoms with E-state index in [0.717, 1.165) is 50.1 Å². The third-order valence-corrected chi connectivity index (χ3v) is 5.88. The predicted molar refractivity (Wildman–Crippen MR) is 138 cm³/mol. The first-order valence-corrected chi connectivity index (χ1v) is 11.4. The van der Waals surface area contributed by atoms with Gasteiger partial charge < -0.3 is 20.1 Å². The summed E-state index contributed by atoms with van der Waals surface area (Å²) in [6, 6.07) is 16.3. The molecule has 3 aromatic carbocycles. The van der Waals surface area contributed by atoms with E-state index in [2.05, 4.69) is 42.7 Å². The van der Waals surface area contributed by atoms with Crippen LogP contribution in [-0.2, 0) is 11.3 Å². The van der Waals surface area contributed by atoms with Gasteiger partial charge in [0.05, 0.1) is 23.8 Å². The Morgan fingerprint density at radius 3 is 2.32 bits per heavy atom. The SMILES string of the molecule is COc1cc2nc3cc(C)c(C)cc3c(Nc3cccc(COC(=O)NC(C)C)c3)c2cc1C. The first-order chi connectivity index (χ1) is 16.2. The first kappa shape index (κ1) is 23.4. The average molecular weight is 458 g/mol. The number of amides is 1. The highest BCUT2D eigenvalue weighted by molar-refractivity contribution is 6.09. The van der Waals surface area contributed by atoms with Crippen molar-refractivity contribution >= 4 is 39.3 Å². The van der Waals surface area contributed by atoms with Gasteiger partial charge in [0.1, 0.15) is 12.4 Å². The summed E-state index contributed by atoms with van der Waals surface area (Å²) in [5, 5.41) is 8.44. The number of hydrogen-bond donors (Lipinski definition) is 2. The van der Waals surface area contributed by atoms with Crippen molar-refractivity contribution in [2.75, 3.05) is 12.4 Å². The van der Waals surface area contributed by atoms with Crippen molar-refractivity contribution in [1.82, 2.24) is 10.3 Å². The molecule has 6 heteroatoms. The number of anilines is 2. The smallest absolute Gasteiger partial charge is 0.407 e. The molecule has 0 saturated heterocycles. The quantitative estimate of drug-likeness (QED) is 0.315. The second-order valence-corrected chi connectivity index (χ2v) is 8.98. The van der Waals surface area contributed by atoms with Crippen LogP contribution >= 0.6 is 0 Å². The molecule has 0 spiro atoms. The van der Waals surface area contributed by atoms with Crippen molar-refractivity contribution in [2.45, 2.75) is 47.3 Å². The lowest BCUT2D eigenvalue weighted by Crippen LogP contribution is -2.30. The third kappa shape index (κ3) is 4.91. The first-order valence-electron chi connectivity index (χ1n) is 11.4. The topological polar surface area (TPSA) is 72.5 Å². The molecule has 2 N–H and O–H groups in total. The van der Waals surface area contributed by atoms with E-state index in [-0.39, 0.29) is 12.6 Å². The zero-order chi connectivity index (χ0) is 24.4. The molecule has 0 fully saturated rings. The van der Waals surface area contributed by atoms with Crippen LogP contribution in [0.15, 0.2) is 48.5 Å². The molecule has 0 aliphatic carbocycles. The molecule has 4 rings (SSSR count). The van der Waals surface area contributed by atoms with Crippen molar-refractivity contribution in [3.05, 3.63) is 70.8 Å². The number of methoxy groups -OCH3 is 1. The summed E-state index contributed by atoms with van der Waals surface area (Å²) in [6.07, 6.45) is -0.422. The highest BCUT2D eigenvalue weighted by atomic mass is 16.5. The molecule has 0 aliphatic rings. The van der Waals surface area contributed by atoms with Gasteiger partial charge in [-0.25, -0.2) is 9.78 Å². The molecule has 6 nitrogen and oxygen atoms in total. The van der Waals surface area contributed by atoms with Crippen LogP contribution in [0, 0.1) is 20.8 Å². The van der Waals surface area contributed by atoms with Crippen LogP contribution in [0.25, 0.3) is 21.8 Å². The predicted octanol–water partition coefficient (Wildman–Crippen LogP) is 6.70. The molecule has 1 aromatic heterocycles. The molecule has 34 heavy (non-hydrogen) atoms. The number of carbonyl (C=O) groups is 1. The zero-order valence-electron chi connectivity index (χ0n) is 20.6. The van der Waals surface area contributed by atoms with E-state index in [1.165, 1.54) is 11.1 Å². The Balaban J connectivity index is 1.76. The Hall–Kier alpha value is -3.80. The van der Waals surface area contributed by atoms with Crippen molar-refractivity contribution in [2.24, 2.45) is 0 Å². The van der Waals surface area contributed by atoms with Gasteiger partial charge in [0.2, 0.25) is 0 Å². The van der Waals surface area contributed by atoms with Gasteiger partial charge in [0.25, 0.3) is 0 Å². The Bertz CT molecular complexity index is 1380. The molecular weight excluding hydrogens is 426 g/mol. The molecular formula is C28H31N3O3. The Kier molecular flexibility index (Phi) is 6.59. The second-order valence-electron chi connectivity index (χ2n) is 8.98. The summed E-state index contributed by atoms with van der Waals surface area (Å²) in [4.78, 5) is 16.8. The molecule has 0 atom stereocenters. The largest absolute Gasteiger partial charge is 0.496 e. The van der Waals surface area contributed by atoms with Crippen LogP contribution < -0.4 is 15.4 Å². The lowest BCUT2D eigenvalue weighted by Gasteiger charge is -2.17. The van der Waals surface area contributed by atoms with Gasteiger partial charge in [0, 0.05) is 28.6 Å². The fourth-order valence-corrected chi connectivity index (χ4v) is 4.00. The van der Waals surface area contributed by atoms with Crippen molar-refractivity contribution in [1.29, 1.82) is 0 Å². The molecule has 0 saturated carbocycles. The van der Waals surface area contributed by atoms with Crippen LogP contribution in [0.4, 0.5) is 16.2 Å². The van der Waals surface area contributed by atoms with Gasteiger partial charge >= 0.3 is 6.09 Å². The van der Waals surface area contributed by atoms with Crippen LogP contribution in [0.5, 0.6) is 5.75 Å². The number of pyridine rings is 1. The summed E-state index contributed by atoms with van der Waals surface area (Å²) in [5.41, 5.74) is 8.04. The molecule has 1 amide bonds. The Labute approximate surface area is 200 Å². The highest BCUT2D eigenvalue weighted by Gasteiger charge is 2.14. The number of rotatable bonds is 6. The van der Waals surface area contributed by atoms with E-state index in [1.807, 2.05) is 51.1 Å². The number of nitrogens with zero attached hydrogens (tertiary/aromatic N) is 1. The fraction of sp³-hybridized carbons (Fsp3) is 0.286. The summed E-state index contributed by atoms with van der Waals surface area (Å²) >= 11 is 0. The maximum Gasteiger partial charge on any atom is 0.407 e. The van der Waals surface area contributed by atoms with Crippen LogP contribution in [0.1, 0.15) is 36.1 Å². The molecule has 0 unspecified atom stereocenters. The minimum atomic E-state index is -0.422. The fourth-order valence-electron chi connectivity index (χ4n) is 4.00. The maximum atomic E-state index is 11.9. The van der Waals surface area contributed by atoms with Crippen LogP contribution in [0.3, 0.4) is 0 Å². The van der Waals surface area contributed by atoms with Gasteiger partial charge in [0.15, 0.2) is 0 Å². The molecule has 0 radical (unpaired) electrons. The standard InChI is InChI=1S/C28H31N3O3/c1-16(2)29-28(32)34-15-20-8-7-9-21(13-20)30-27-22-10-17(3)18(4)12-24(22)31-25-14-26(33-6)19(5)11-23(25)27/h7-14,16H,15H2,1-6H3,(H,29,32)(H,30,31). The number of fused-ring (bicyclic) bond motifs is 2. The summed E-state index contributed by atoms with van der Waals surface area (Å²) in [5.74, 6) is 0.813. The van der Waals surface area contributed by atoms with E-state index < -0.39 is 6.09 Å². The van der Waals surface area contributed by atoms with Crippen molar-refractivity contribution in [3.63, 3.8) is 0 Å². The van der Waals surface area contributed by atoms with Crippen molar-refractivity contribution < 1.29 is 14.3 Å². The minimum Gasteiger partial charge on any atom is -0.496 e. The van der Waals surface area contributed by atoms with Gasteiger partial charge in [-0.1, -0.05) is 12.1 Å². The van der Waals surface area contributed by atoms with E-state index in [9.17, 15) is 4.79 Å². The second kappa shape index (κ2) is 9.59. The Morgan fingerprint density at radius 2 is 1.62 bits per heavy atom. The van der Waals surface area contributed by atoms with Crippen LogP contribution in [-0.4, -0.2) is 24.2 Å². The molecule has 1 heterocycles. The van der Waals surface area contributed by atoms with Crippen molar-refractivity contribution in [3.8, 4) is 5.75 Å². The number of carbonyl (C=O) groups excluding carboxylic acids is 1. The average Bonchev–Trinajstić information content (AvgIpc) is 2.79. The third-order valence-electron chi connectivity index (χ3n) is 5.88. The molecule has 0 aliphatic heterocycles. The summed E-state index contributed by atoms with van der Waals surface area (Å²) in [7, 11) is 1.68. The monoisotopic (exact) mass is 457 g/mol. The van der Waals surface area contributed by atoms with Gasteiger partial charge in [-0.05, 0) is 87.2 Å². The molecule has 0 bridgehead atoms. The number of aromatic nitrogens is 1. The maximum absolute atomic E-state index is 11.9. The van der Waals surface area contributed by atoms with Gasteiger partial charge in [-0.3, -0.25) is 0 Å². The number of benzene rings is 3. The van der Waals surface area contributed by atoms with E-state index >= 15 is 0 Å². The lowest BCUT2D eigenvalue weighted by molar-refractivity contribution is 0.137. The number of alkyl carbamates (subject to hydrolysis) is 1. The van der Waals surface area contributed by atoms with Gasteiger partial charge in [-0.15, -0.1) is 0 Å². The number of ether oxygens (including phenoxy) is 2. The van der Waals surface area contributed by atoms with E-state index in [4.69, 9.17) is 14.5 Å². The highest BCUT2D eigenvalue weighted by Crippen LogP contribution is 2.37. The number of hydrogen-bond acceptors (Lipinski definition) is 5. The molecule has 176 valence electrons. The summed E-state index contributed by atoms with van der Waals surface area (Å²) < 4.78 is 10.9. The van der Waals surface area contributed by atoms with Gasteiger partial charge in [-0.2, -0.15) is 0 Å². The Morgan fingerprint density at radius 1 is 0.941 bits per heavy atom. The van der Waals surface area contributed by atoms with Crippen LogP contribution in [0.2, 0.25) is 0 Å². The minimum absolute atomic E-state index is 0.0305.